The van der Waals surface area contributed by atoms with Crippen LogP contribution in [0.25, 0.3) is 6.08 Å². The Kier molecular flexibility index (Phi) is 10.4. The average molecular weight is 822 g/mol. The first-order valence-corrected chi connectivity index (χ1v) is 20.4. The Bertz CT molecular complexity index is 2160. The lowest BCUT2D eigenvalue weighted by Gasteiger charge is -2.50. The summed E-state index contributed by atoms with van der Waals surface area (Å²) in [6.07, 6.45) is -0.976. The third-order valence-electron chi connectivity index (χ3n) is 12.6. The van der Waals surface area contributed by atoms with E-state index in [1.165, 1.54) is 16.0 Å². The fourth-order valence-corrected chi connectivity index (χ4v) is 9.77. The van der Waals surface area contributed by atoms with Crippen molar-refractivity contribution in [3.8, 4) is 0 Å². The Morgan fingerprint density at radius 2 is 1.60 bits per heavy atom. The predicted molar refractivity (Wildman–Crippen MR) is 209 cm³/mol. The number of cyclic esters (lactones) is 1. The first-order chi connectivity index (χ1) is 29.0. The maximum absolute atomic E-state index is 15.5. The number of fused-ring (bicyclic) bond motifs is 4. The van der Waals surface area contributed by atoms with E-state index in [0.29, 0.717) is 35.1 Å². The zero-order chi connectivity index (χ0) is 41.8. The number of nitrogens with one attached hydrogen (secondary N) is 1. The summed E-state index contributed by atoms with van der Waals surface area (Å²) in [6.45, 7) is 3.73. The molecule has 2 N–H and O–H groups in total. The van der Waals surface area contributed by atoms with Gasteiger partial charge in [-0.05, 0) is 30.0 Å². The van der Waals surface area contributed by atoms with Gasteiger partial charge < -0.3 is 39.0 Å². The molecule has 2 bridgehead atoms. The number of carbonyl (C=O) groups excluding carboxylic acids is 5. The van der Waals surface area contributed by atoms with Gasteiger partial charge in [-0.3, -0.25) is 19.2 Å². The maximum atomic E-state index is 15.5. The number of aliphatic hydroxyl groups excluding tert-OH is 1. The fraction of sp³-hybridized carbons (Fsp3) is 0.444. The van der Waals surface area contributed by atoms with Gasteiger partial charge in [-0.2, -0.15) is 5.06 Å². The number of hydrogen-bond acceptors (Lipinski definition) is 13. The quantitative estimate of drug-likeness (QED) is 0.164. The van der Waals surface area contributed by atoms with E-state index < -0.39 is 83.0 Å². The van der Waals surface area contributed by atoms with Gasteiger partial charge in [-0.25, -0.2) is 9.59 Å². The van der Waals surface area contributed by atoms with Crippen LogP contribution in [-0.4, -0.2) is 114 Å². The van der Waals surface area contributed by atoms with Crippen LogP contribution in [0.2, 0.25) is 0 Å². The van der Waals surface area contributed by atoms with Gasteiger partial charge >= 0.3 is 17.9 Å². The normalized spacial score (nSPS) is 31.1. The van der Waals surface area contributed by atoms with Crippen LogP contribution in [0.5, 0.6) is 0 Å². The van der Waals surface area contributed by atoms with E-state index in [-0.39, 0.29) is 45.2 Å². The van der Waals surface area contributed by atoms with Gasteiger partial charge in [-0.15, -0.1) is 0 Å². The van der Waals surface area contributed by atoms with Gasteiger partial charge in [0, 0.05) is 42.1 Å². The van der Waals surface area contributed by atoms with Crippen LogP contribution < -0.4 is 5.32 Å². The Morgan fingerprint density at radius 1 is 0.917 bits per heavy atom. The molecule has 5 heterocycles. The number of ether oxygens (including phenoxy) is 5. The van der Waals surface area contributed by atoms with Crippen molar-refractivity contribution < 1.29 is 57.6 Å². The number of hydroxylamine groups is 2. The summed E-state index contributed by atoms with van der Waals surface area (Å²) in [5, 5.41) is 13.6. The second-order valence-corrected chi connectivity index (χ2v) is 16.9. The number of likely N-dealkylation sites (tertiary alicyclic amines) is 1. The van der Waals surface area contributed by atoms with Gasteiger partial charge in [-0.1, -0.05) is 98.8 Å². The summed E-state index contributed by atoms with van der Waals surface area (Å²) in [7, 11) is 0. The molecule has 6 fully saturated rings. The first-order valence-electron chi connectivity index (χ1n) is 20.4. The zero-order valence-corrected chi connectivity index (χ0v) is 33.3. The molecular formula is C45H47N3O12. The lowest BCUT2D eigenvalue weighted by Crippen LogP contribution is -2.70. The van der Waals surface area contributed by atoms with Crippen LogP contribution in [0.3, 0.4) is 0 Å². The van der Waals surface area contributed by atoms with Crippen LogP contribution in [0.1, 0.15) is 55.4 Å². The summed E-state index contributed by atoms with van der Waals surface area (Å²) in [4.78, 5) is 77.2. The Balaban J connectivity index is 1.09. The molecule has 1 saturated carbocycles. The number of hydrogen-bond donors (Lipinski definition) is 2. The second kappa shape index (κ2) is 15.5. The van der Waals surface area contributed by atoms with E-state index in [9.17, 15) is 24.3 Å². The summed E-state index contributed by atoms with van der Waals surface area (Å²) >= 11 is 0. The Labute approximate surface area is 346 Å². The van der Waals surface area contributed by atoms with E-state index in [1.54, 1.807) is 38.1 Å². The van der Waals surface area contributed by atoms with Crippen LogP contribution in [-0.2, 0) is 64.8 Å². The fourth-order valence-electron chi connectivity index (χ4n) is 9.77. The highest BCUT2D eigenvalue weighted by molar-refractivity contribution is 5.97. The largest absolute Gasteiger partial charge is 0.462 e. The first kappa shape index (κ1) is 40.0. The number of nitrogens with zero attached hydrogens (tertiary/aromatic N) is 2. The molecule has 5 saturated heterocycles. The summed E-state index contributed by atoms with van der Waals surface area (Å²) < 4.78 is 30.9. The van der Waals surface area contributed by atoms with Crippen molar-refractivity contribution in [2.75, 3.05) is 26.3 Å². The lowest BCUT2D eigenvalue weighted by molar-refractivity contribution is -0.214. The molecule has 15 heteroatoms. The Hall–Kier alpha value is -5.45. The number of esters is 3. The van der Waals surface area contributed by atoms with Crippen molar-refractivity contribution in [2.45, 2.75) is 88.0 Å². The van der Waals surface area contributed by atoms with Gasteiger partial charge in [0.1, 0.15) is 42.5 Å². The van der Waals surface area contributed by atoms with E-state index >= 15 is 4.79 Å². The number of rotatable bonds is 11. The molecule has 5 aliphatic heterocycles. The van der Waals surface area contributed by atoms with Crippen LogP contribution >= 0.6 is 0 Å². The smallest absolute Gasteiger partial charge is 0.348 e. The number of benzene rings is 3. The molecule has 3 aromatic rings. The van der Waals surface area contributed by atoms with Crippen LogP contribution in [0.4, 0.5) is 0 Å². The third kappa shape index (κ3) is 6.59. The monoisotopic (exact) mass is 821 g/mol. The lowest BCUT2D eigenvalue weighted by atomic mass is 9.62. The van der Waals surface area contributed by atoms with Crippen LogP contribution in [0, 0.1) is 10.8 Å². The number of amides is 2. The molecule has 0 radical (unpaired) electrons. The molecule has 1 aliphatic carbocycles. The minimum atomic E-state index is -1.56. The summed E-state index contributed by atoms with van der Waals surface area (Å²) in [5.74, 6) is -4.27. The van der Waals surface area contributed by atoms with Gasteiger partial charge in [0.25, 0.3) is 0 Å². The third-order valence-corrected chi connectivity index (χ3v) is 12.6. The predicted octanol–water partition coefficient (Wildman–Crippen LogP) is 2.78. The van der Waals surface area contributed by atoms with Crippen LogP contribution in [0.15, 0.2) is 91.0 Å². The van der Waals surface area contributed by atoms with E-state index in [2.05, 4.69) is 5.32 Å². The highest BCUT2D eigenvalue weighted by atomic mass is 16.8. The number of carbonyl (C=O) groups is 5. The molecule has 0 aromatic heterocycles. The highest BCUT2D eigenvalue weighted by Crippen LogP contribution is 2.60. The molecule has 0 unspecified atom stereocenters. The minimum Gasteiger partial charge on any atom is -0.462 e. The molecule has 2 amide bonds. The maximum Gasteiger partial charge on any atom is 0.348 e. The van der Waals surface area contributed by atoms with E-state index in [0.717, 1.165) is 0 Å². The standard InChI is InChI=1S/C45H47N3O12/c1-43(2)26-55-41(53)38(43)57-33(50)20-19-27-12-9-10-13-28(27)25-48-36-40(52)56-32-24-44(36,42(54)47-22-11-18-31(47)39(51)46-21-23-49)37(60-48)35-34(32)58-45(59-35,29-14-5-3-6-15-29)30-16-7-4-8-17-30/h3-10,12-17,19-20,31-32,34-38,49H,11,18,21-26H2,1-2H3,(H,46,51)/t31-,32-,34+,35+,36+,37-,38+,44+/m1/s1. The zero-order valence-electron chi connectivity index (χ0n) is 33.3. The second-order valence-electron chi connectivity index (χ2n) is 16.9. The van der Waals surface area contributed by atoms with Crippen molar-refractivity contribution in [2.24, 2.45) is 10.8 Å². The van der Waals surface area contributed by atoms with Crippen molar-refractivity contribution in [3.63, 3.8) is 0 Å². The van der Waals surface area contributed by atoms with Crippen molar-refractivity contribution >= 4 is 35.8 Å². The van der Waals surface area contributed by atoms with E-state index in [1.807, 2.05) is 66.7 Å². The Morgan fingerprint density at radius 3 is 2.28 bits per heavy atom. The van der Waals surface area contributed by atoms with Gasteiger partial charge in [0.2, 0.25) is 23.7 Å². The minimum absolute atomic E-state index is 0.0192. The molecule has 9 rings (SSSR count). The molecular weight excluding hydrogens is 775 g/mol. The number of aliphatic hydroxyl groups is 1. The molecule has 8 atom stereocenters. The molecule has 60 heavy (non-hydrogen) atoms. The van der Waals surface area contributed by atoms with Gasteiger partial charge in [0.05, 0.1) is 13.2 Å². The van der Waals surface area contributed by atoms with Crippen molar-refractivity contribution in [3.05, 3.63) is 113 Å². The molecule has 3 aromatic carbocycles. The summed E-state index contributed by atoms with van der Waals surface area (Å²) in [5.41, 5.74) is 0.386. The SMILES string of the molecule is CC1(C)COC(=O)[C@@H]1OC(=O)C=Cc1ccccc1CN1O[C@@H]2[C@H]3OC(c4ccccc4)(c4ccccc4)O[C@H]3[C@H]3C[C@]2(C(=O)N2CCC[C@@H]2C(=O)NCCO)[C@@H]1C(=O)O3. The summed E-state index contributed by atoms with van der Waals surface area (Å²) in [6, 6.07) is 24.0. The molecule has 6 aliphatic rings. The molecule has 15 nitrogen and oxygen atoms in total. The van der Waals surface area contributed by atoms with Gasteiger partial charge in [0.15, 0.2) is 6.04 Å². The molecule has 0 spiro atoms. The topological polar surface area (TPSA) is 179 Å². The average Bonchev–Trinajstić information content (AvgIpc) is 4.04. The van der Waals surface area contributed by atoms with E-state index in [4.69, 9.17) is 28.5 Å². The van der Waals surface area contributed by atoms with Crippen molar-refractivity contribution in [1.82, 2.24) is 15.3 Å². The highest BCUT2D eigenvalue weighted by Gasteiger charge is 2.77. The molecule has 314 valence electrons. The van der Waals surface area contributed by atoms with Crippen molar-refractivity contribution in [1.29, 1.82) is 0 Å².